The molecule has 4 aromatic rings. The number of fused-ring (bicyclic) bond motifs is 1. The van der Waals surface area contributed by atoms with Gasteiger partial charge in [0.15, 0.2) is 0 Å². The molecule has 2 aromatic carbocycles. The van der Waals surface area contributed by atoms with Crippen molar-refractivity contribution in [2.45, 2.75) is 39.7 Å². The van der Waals surface area contributed by atoms with Crippen molar-refractivity contribution in [1.29, 1.82) is 0 Å². The molecule has 0 aliphatic carbocycles. The van der Waals surface area contributed by atoms with E-state index in [-0.39, 0.29) is 11.9 Å². The van der Waals surface area contributed by atoms with Crippen molar-refractivity contribution in [3.05, 3.63) is 83.4 Å². The average molecular weight is 484 g/mol. The van der Waals surface area contributed by atoms with Crippen molar-refractivity contribution < 1.29 is 9.53 Å². The number of anilines is 2. The number of esters is 1. The van der Waals surface area contributed by atoms with Crippen LogP contribution >= 0.6 is 0 Å². The Morgan fingerprint density at radius 3 is 2.78 bits per heavy atom. The Kier molecular flexibility index (Phi) is 7.28. The number of piperidine rings is 1. The third kappa shape index (κ3) is 5.91. The number of rotatable bonds is 8. The number of aromatic nitrogens is 3. The summed E-state index contributed by atoms with van der Waals surface area (Å²) in [6.45, 7) is 7.09. The summed E-state index contributed by atoms with van der Waals surface area (Å²) in [6.07, 6.45) is 4.21. The maximum absolute atomic E-state index is 12.0. The van der Waals surface area contributed by atoms with Crippen LogP contribution in [0.5, 0.6) is 0 Å². The first kappa shape index (κ1) is 24.0. The first-order valence-corrected chi connectivity index (χ1v) is 12.7. The fraction of sp³-hybridized carbons (Fsp3) is 0.345. The SMILES string of the molecule is CCOC(=O)C1CCN(Cc2cccc(Cc3nccc(Nc4ccc5[nH]c(C)cc5c4)n3)c2)CC1. The summed E-state index contributed by atoms with van der Waals surface area (Å²) >= 11 is 0. The minimum Gasteiger partial charge on any atom is -0.466 e. The Morgan fingerprint density at radius 1 is 1.11 bits per heavy atom. The van der Waals surface area contributed by atoms with Crippen LogP contribution in [-0.4, -0.2) is 45.5 Å². The molecule has 0 atom stereocenters. The maximum Gasteiger partial charge on any atom is 0.309 e. The molecule has 0 bridgehead atoms. The normalized spacial score (nSPS) is 14.7. The second-order valence-electron chi connectivity index (χ2n) is 9.54. The number of nitrogens with one attached hydrogen (secondary N) is 2. The van der Waals surface area contributed by atoms with Crippen LogP contribution in [0.2, 0.25) is 0 Å². The van der Waals surface area contributed by atoms with E-state index in [1.807, 2.05) is 13.0 Å². The summed E-state index contributed by atoms with van der Waals surface area (Å²) in [6, 6.07) is 18.9. The molecule has 0 unspecified atom stereocenters. The Hall–Kier alpha value is -3.71. The first-order valence-electron chi connectivity index (χ1n) is 12.7. The highest BCUT2D eigenvalue weighted by atomic mass is 16.5. The molecule has 0 amide bonds. The van der Waals surface area contributed by atoms with Gasteiger partial charge in [-0.3, -0.25) is 9.69 Å². The Labute approximate surface area is 211 Å². The number of H-pyrrole nitrogens is 1. The fourth-order valence-corrected chi connectivity index (χ4v) is 4.92. The van der Waals surface area contributed by atoms with Crippen LogP contribution < -0.4 is 5.32 Å². The van der Waals surface area contributed by atoms with Gasteiger partial charge in [-0.15, -0.1) is 0 Å². The zero-order valence-electron chi connectivity index (χ0n) is 21.0. The van der Waals surface area contributed by atoms with E-state index < -0.39 is 0 Å². The molecular formula is C29H33N5O2. The molecule has 7 nitrogen and oxygen atoms in total. The van der Waals surface area contributed by atoms with Crippen LogP contribution in [0.3, 0.4) is 0 Å². The summed E-state index contributed by atoms with van der Waals surface area (Å²) in [5.41, 5.74) is 5.74. The van der Waals surface area contributed by atoms with Gasteiger partial charge >= 0.3 is 5.97 Å². The molecule has 2 aromatic heterocycles. The first-order chi connectivity index (χ1) is 17.6. The van der Waals surface area contributed by atoms with E-state index in [9.17, 15) is 4.79 Å². The quantitative estimate of drug-likeness (QED) is 0.328. The van der Waals surface area contributed by atoms with Crippen LogP contribution in [-0.2, 0) is 22.5 Å². The number of ether oxygens (including phenoxy) is 1. The molecule has 1 fully saturated rings. The van der Waals surface area contributed by atoms with Crippen molar-refractivity contribution >= 4 is 28.4 Å². The van der Waals surface area contributed by atoms with Crippen LogP contribution in [0.15, 0.2) is 60.8 Å². The van der Waals surface area contributed by atoms with Crippen molar-refractivity contribution in [2.75, 3.05) is 25.0 Å². The summed E-state index contributed by atoms with van der Waals surface area (Å²) in [4.78, 5) is 27.0. The second-order valence-corrected chi connectivity index (χ2v) is 9.54. The lowest BCUT2D eigenvalue weighted by molar-refractivity contribution is -0.149. The molecule has 7 heteroatoms. The predicted octanol–water partition coefficient (Wildman–Crippen LogP) is 5.38. The van der Waals surface area contributed by atoms with E-state index in [1.54, 1.807) is 6.20 Å². The predicted molar refractivity (Wildman–Crippen MR) is 142 cm³/mol. The van der Waals surface area contributed by atoms with Crippen molar-refractivity contribution in [1.82, 2.24) is 19.9 Å². The molecule has 36 heavy (non-hydrogen) atoms. The van der Waals surface area contributed by atoms with E-state index in [1.165, 1.54) is 16.5 Å². The molecule has 0 radical (unpaired) electrons. The van der Waals surface area contributed by atoms with E-state index in [0.717, 1.165) is 61.0 Å². The third-order valence-electron chi connectivity index (χ3n) is 6.70. The molecule has 1 saturated heterocycles. The number of likely N-dealkylation sites (tertiary alicyclic amines) is 1. The molecule has 0 spiro atoms. The molecular weight excluding hydrogens is 450 g/mol. The van der Waals surface area contributed by atoms with E-state index >= 15 is 0 Å². The van der Waals surface area contributed by atoms with Crippen LogP contribution in [0, 0.1) is 12.8 Å². The average Bonchev–Trinajstić information content (AvgIpc) is 3.24. The lowest BCUT2D eigenvalue weighted by atomic mass is 9.96. The number of carbonyl (C=O) groups is 1. The lowest BCUT2D eigenvalue weighted by Crippen LogP contribution is -2.36. The van der Waals surface area contributed by atoms with Gasteiger partial charge < -0.3 is 15.0 Å². The smallest absolute Gasteiger partial charge is 0.309 e. The van der Waals surface area contributed by atoms with E-state index in [4.69, 9.17) is 9.72 Å². The number of nitrogens with zero attached hydrogens (tertiary/aromatic N) is 3. The summed E-state index contributed by atoms with van der Waals surface area (Å²) < 4.78 is 5.19. The molecule has 1 aliphatic heterocycles. The van der Waals surface area contributed by atoms with Crippen LogP contribution in [0.1, 0.15) is 42.4 Å². The molecule has 3 heterocycles. The molecule has 186 valence electrons. The lowest BCUT2D eigenvalue weighted by Gasteiger charge is -2.30. The minimum absolute atomic E-state index is 0.0413. The summed E-state index contributed by atoms with van der Waals surface area (Å²) in [7, 11) is 0. The monoisotopic (exact) mass is 483 g/mol. The van der Waals surface area contributed by atoms with Gasteiger partial charge in [-0.2, -0.15) is 0 Å². The van der Waals surface area contributed by atoms with Gasteiger partial charge in [0.25, 0.3) is 0 Å². The maximum atomic E-state index is 12.0. The number of aromatic amines is 1. The van der Waals surface area contributed by atoms with Gasteiger partial charge in [0.1, 0.15) is 11.6 Å². The zero-order chi connectivity index (χ0) is 24.9. The molecule has 0 saturated carbocycles. The number of aryl methyl sites for hydroxylation is 1. The Morgan fingerprint density at radius 2 is 1.94 bits per heavy atom. The summed E-state index contributed by atoms with van der Waals surface area (Å²) in [5.74, 6) is 1.56. The fourth-order valence-electron chi connectivity index (χ4n) is 4.92. The minimum atomic E-state index is -0.0454. The topological polar surface area (TPSA) is 83.1 Å². The highest BCUT2D eigenvalue weighted by Crippen LogP contribution is 2.23. The van der Waals surface area contributed by atoms with Crippen molar-refractivity contribution in [2.24, 2.45) is 5.92 Å². The van der Waals surface area contributed by atoms with Gasteiger partial charge in [-0.1, -0.05) is 24.3 Å². The van der Waals surface area contributed by atoms with Crippen molar-refractivity contribution in [3.8, 4) is 0 Å². The van der Waals surface area contributed by atoms with Gasteiger partial charge in [-0.25, -0.2) is 9.97 Å². The van der Waals surface area contributed by atoms with E-state index in [2.05, 4.69) is 75.6 Å². The third-order valence-corrected chi connectivity index (χ3v) is 6.70. The van der Waals surface area contributed by atoms with Crippen LogP contribution in [0.25, 0.3) is 10.9 Å². The number of hydrogen-bond acceptors (Lipinski definition) is 6. The molecule has 5 rings (SSSR count). The Bertz CT molecular complexity index is 1340. The van der Waals surface area contributed by atoms with Crippen LogP contribution in [0.4, 0.5) is 11.5 Å². The van der Waals surface area contributed by atoms with Gasteiger partial charge in [0, 0.05) is 41.4 Å². The number of carbonyl (C=O) groups excluding carboxylic acids is 1. The van der Waals surface area contributed by atoms with Gasteiger partial charge in [0.05, 0.1) is 12.5 Å². The Balaban J connectivity index is 1.20. The highest BCUT2D eigenvalue weighted by molar-refractivity contribution is 5.84. The van der Waals surface area contributed by atoms with Crippen molar-refractivity contribution in [3.63, 3.8) is 0 Å². The standard InChI is InChI=1S/C29H33N5O2/c1-3-36-29(35)23-10-13-34(14-11-23)19-22-6-4-5-21(16-22)17-28-30-12-9-27(33-28)32-25-7-8-26-24(18-25)15-20(2)31-26/h4-9,12,15-16,18,23,31H,3,10-11,13-14,17,19H2,1-2H3,(H,30,32,33). The van der Waals surface area contributed by atoms with Gasteiger partial charge in [-0.05, 0) is 81.2 Å². The largest absolute Gasteiger partial charge is 0.466 e. The van der Waals surface area contributed by atoms with E-state index in [0.29, 0.717) is 13.0 Å². The molecule has 2 N–H and O–H groups in total. The second kappa shape index (κ2) is 10.9. The number of benzene rings is 2. The molecule has 1 aliphatic rings. The van der Waals surface area contributed by atoms with Gasteiger partial charge in [0.2, 0.25) is 0 Å². The summed E-state index contributed by atoms with van der Waals surface area (Å²) in [5, 5.41) is 4.59. The highest BCUT2D eigenvalue weighted by Gasteiger charge is 2.25. The number of hydrogen-bond donors (Lipinski definition) is 2. The zero-order valence-corrected chi connectivity index (χ0v) is 21.0.